The van der Waals surface area contributed by atoms with E-state index in [9.17, 15) is 5.11 Å². The highest BCUT2D eigenvalue weighted by molar-refractivity contribution is 6.30. The Morgan fingerprint density at radius 3 is 2.65 bits per heavy atom. The molecule has 1 fully saturated rings. The van der Waals surface area contributed by atoms with Crippen LogP contribution in [0.5, 0.6) is 0 Å². The average molecular weight is 393 g/mol. The molecule has 0 bridgehead atoms. The van der Waals surface area contributed by atoms with Crippen molar-refractivity contribution < 1.29 is 5.11 Å². The number of benzene rings is 1. The van der Waals surface area contributed by atoms with Gasteiger partial charge in [-0.15, -0.1) is 12.4 Å². The molecule has 0 aliphatic heterocycles. The van der Waals surface area contributed by atoms with Crippen LogP contribution in [0.1, 0.15) is 49.8 Å². The van der Waals surface area contributed by atoms with Gasteiger partial charge < -0.3 is 10.4 Å². The largest absolute Gasteiger partial charge is 0.374 e. The predicted molar refractivity (Wildman–Crippen MR) is 110 cm³/mol. The van der Waals surface area contributed by atoms with Crippen molar-refractivity contribution in [2.45, 2.75) is 57.6 Å². The maximum atomic E-state index is 10.7. The number of anilines is 1. The van der Waals surface area contributed by atoms with Gasteiger partial charge in [-0.25, -0.2) is 0 Å². The van der Waals surface area contributed by atoms with E-state index < -0.39 is 6.23 Å². The number of aryl methyl sites for hydroxylation is 1. The van der Waals surface area contributed by atoms with Crippen molar-refractivity contribution in [3.8, 4) is 11.3 Å². The molecule has 2 N–H and O–H groups in total. The van der Waals surface area contributed by atoms with Crippen molar-refractivity contribution in [3.63, 3.8) is 0 Å². The van der Waals surface area contributed by atoms with E-state index in [-0.39, 0.29) is 12.4 Å². The summed E-state index contributed by atoms with van der Waals surface area (Å²) in [6.45, 7) is 0. The van der Waals surface area contributed by atoms with Gasteiger partial charge in [0.05, 0.1) is 5.69 Å². The van der Waals surface area contributed by atoms with E-state index >= 15 is 0 Å². The van der Waals surface area contributed by atoms with Crippen LogP contribution in [0.4, 0.5) is 5.69 Å². The van der Waals surface area contributed by atoms with Crippen molar-refractivity contribution in [3.05, 3.63) is 46.6 Å². The van der Waals surface area contributed by atoms with Crippen LogP contribution in [0.15, 0.2) is 30.3 Å². The summed E-state index contributed by atoms with van der Waals surface area (Å²) in [5.74, 6) is 0.355. The van der Waals surface area contributed by atoms with Gasteiger partial charge in [0.15, 0.2) is 0 Å². The van der Waals surface area contributed by atoms with Crippen LogP contribution >= 0.6 is 24.0 Å². The summed E-state index contributed by atoms with van der Waals surface area (Å²) in [5, 5.41) is 14.8. The topological polar surface area (TPSA) is 45.1 Å². The van der Waals surface area contributed by atoms with Crippen LogP contribution in [-0.4, -0.2) is 16.3 Å². The molecule has 26 heavy (non-hydrogen) atoms. The molecular weight excluding hydrogens is 367 g/mol. The fraction of sp³-hybridized carbons (Fsp3) is 0.476. The molecule has 0 spiro atoms. The number of pyridine rings is 1. The number of nitrogens with one attached hydrogen (secondary N) is 1. The number of rotatable bonds is 4. The summed E-state index contributed by atoms with van der Waals surface area (Å²) in [6, 6.07) is 9.91. The first-order chi connectivity index (χ1) is 12.2. The van der Waals surface area contributed by atoms with Gasteiger partial charge in [-0.1, -0.05) is 43.0 Å². The molecule has 1 unspecified atom stereocenters. The van der Waals surface area contributed by atoms with Crippen LogP contribution in [0, 0.1) is 5.92 Å². The Kier molecular flexibility index (Phi) is 6.44. The summed E-state index contributed by atoms with van der Waals surface area (Å²) in [7, 11) is 0. The molecule has 2 aliphatic carbocycles. The van der Waals surface area contributed by atoms with E-state index in [1.807, 2.05) is 24.3 Å². The van der Waals surface area contributed by atoms with Gasteiger partial charge in [-0.05, 0) is 55.9 Å². The number of fused-ring (bicyclic) bond motifs is 1. The van der Waals surface area contributed by atoms with Crippen molar-refractivity contribution in [2.75, 3.05) is 5.32 Å². The highest BCUT2D eigenvalue weighted by Crippen LogP contribution is 2.34. The lowest BCUT2D eigenvalue weighted by Crippen LogP contribution is -2.30. The van der Waals surface area contributed by atoms with E-state index in [1.165, 1.54) is 24.8 Å². The van der Waals surface area contributed by atoms with Gasteiger partial charge in [0.2, 0.25) is 0 Å². The van der Waals surface area contributed by atoms with Crippen LogP contribution in [-0.2, 0) is 12.8 Å². The van der Waals surface area contributed by atoms with E-state index in [2.05, 4.69) is 11.4 Å². The number of aromatic nitrogens is 1. The third-order valence-electron chi connectivity index (χ3n) is 5.57. The SMILES string of the molecule is Cl.OC(Nc1cc(-c2cccc(Cl)c2)nc2c1CCC2)C1CCCCC1. The smallest absolute Gasteiger partial charge is 0.127 e. The quantitative estimate of drug-likeness (QED) is 0.663. The van der Waals surface area contributed by atoms with Gasteiger partial charge >= 0.3 is 0 Å². The molecular formula is C21H26Cl2N2O. The monoisotopic (exact) mass is 392 g/mol. The van der Waals surface area contributed by atoms with Gasteiger partial charge in [0.1, 0.15) is 6.23 Å². The van der Waals surface area contributed by atoms with E-state index in [1.54, 1.807) is 0 Å². The lowest BCUT2D eigenvalue weighted by molar-refractivity contribution is 0.108. The minimum Gasteiger partial charge on any atom is -0.374 e. The number of nitrogens with zero attached hydrogens (tertiary/aromatic N) is 1. The van der Waals surface area contributed by atoms with Gasteiger partial charge in [0.25, 0.3) is 0 Å². The number of aliphatic hydroxyl groups excluding tert-OH is 1. The van der Waals surface area contributed by atoms with Crippen molar-refractivity contribution >= 4 is 29.7 Å². The lowest BCUT2D eigenvalue weighted by atomic mass is 9.88. The summed E-state index contributed by atoms with van der Waals surface area (Å²) < 4.78 is 0. The Balaban J connectivity index is 0.00000196. The van der Waals surface area contributed by atoms with Crippen molar-refractivity contribution in [1.82, 2.24) is 4.98 Å². The molecule has 2 aromatic rings. The maximum absolute atomic E-state index is 10.7. The third kappa shape index (κ3) is 4.16. The molecule has 2 aliphatic rings. The Hall–Kier alpha value is -1.29. The molecule has 0 saturated heterocycles. The molecule has 140 valence electrons. The zero-order valence-electron chi connectivity index (χ0n) is 14.9. The summed E-state index contributed by atoms with van der Waals surface area (Å²) in [6.07, 6.45) is 8.69. The first-order valence-electron chi connectivity index (χ1n) is 9.44. The third-order valence-corrected chi connectivity index (χ3v) is 5.81. The maximum Gasteiger partial charge on any atom is 0.127 e. The second-order valence-electron chi connectivity index (χ2n) is 7.33. The predicted octanol–water partition coefficient (Wildman–Crippen LogP) is 5.62. The molecule has 0 amide bonds. The zero-order valence-corrected chi connectivity index (χ0v) is 16.5. The highest BCUT2D eigenvalue weighted by Gasteiger charge is 2.24. The van der Waals surface area contributed by atoms with E-state index in [0.29, 0.717) is 5.92 Å². The van der Waals surface area contributed by atoms with E-state index in [0.717, 1.165) is 59.8 Å². The fourth-order valence-corrected chi connectivity index (χ4v) is 4.38. The Bertz CT molecular complexity index is 760. The summed E-state index contributed by atoms with van der Waals surface area (Å²) in [5.41, 5.74) is 5.45. The lowest BCUT2D eigenvalue weighted by Gasteiger charge is -2.28. The fourth-order valence-electron chi connectivity index (χ4n) is 4.19. The second-order valence-corrected chi connectivity index (χ2v) is 7.77. The Morgan fingerprint density at radius 2 is 1.88 bits per heavy atom. The van der Waals surface area contributed by atoms with Gasteiger partial charge in [-0.3, -0.25) is 4.98 Å². The highest BCUT2D eigenvalue weighted by atomic mass is 35.5. The number of hydrogen-bond donors (Lipinski definition) is 2. The summed E-state index contributed by atoms with van der Waals surface area (Å²) >= 11 is 6.15. The minimum absolute atomic E-state index is 0. The molecule has 5 heteroatoms. The number of hydrogen-bond acceptors (Lipinski definition) is 3. The van der Waals surface area contributed by atoms with Crippen molar-refractivity contribution in [2.24, 2.45) is 5.92 Å². The Morgan fingerprint density at radius 1 is 1.08 bits per heavy atom. The van der Waals surface area contributed by atoms with Crippen LogP contribution < -0.4 is 5.32 Å². The normalized spacial score (nSPS) is 18.1. The van der Waals surface area contributed by atoms with Crippen LogP contribution in [0.2, 0.25) is 5.02 Å². The molecule has 1 saturated carbocycles. The van der Waals surface area contributed by atoms with Gasteiger partial charge in [-0.2, -0.15) is 0 Å². The van der Waals surface area contributed by atoms with Crippen LogP contribution in [0.25, 0.3) is 11.3 Å². The van der Waals surface area contributed by atoms with Gasteiger partial charge in [0, 0.05) is 27.9 Å². The molecule has 1 aromatic carbocycles. The van der Waals surface area contributed by atoms with E-state index in [4.69, 9.17) is 16.6 Å². The number of aliphatic hydroxyl groups is 1. The average Bonchev–Trinajstić information content (AvgIpc) is 3.11. The molecule has 3 nitrogen and oxygen atoms in total. The summed E-state index contributed by atoms with van der Waals surface area (Å²) in [4.78, 5) is 4.86. The van der Waals surface area contributed by atoms with Crippen molar-refractivity contribution in [1.29, 1.82) is 0 Å². The number of halogens is 2. The standard InChI is InChI=1S/C21H25ClN2O.ClH/c22-16-9-4-8-15(12-16)19-13-20(17-10-5-11-18(17)23-19)24-21(25)14-6-2-1-3-7-14;/h4,8-9,12-14,21,25H,1-3,5-7,10-11H2,(H,23,24);1H. The molecule has 1 atom stereocenters. The first-order valence-corrected chi connectivity index (χ1v) is 9.82. The second kappa shape index (κ2) is 8.60. The first kappa shape index (κ1) is 19.5. The minimum atomic E-state index is -0.473. The molecule has 0 radical (unpaired) electrons. The van der Waals surface area contributed by atoms with Crippen LogP contribution in [0.3, 0.4) is 0 Å². The Labute approximate surface area is 166 Å². The zero-order chi connectivity index (χ0) is 17.2. The molecule has 4 rings (SSSR count). The molecule has 1 aromatic heterocycles. The molecule has 1 heterocycles.